The zero-order valence-electron chi connectivity index (χ0n) is 10.9. The van der Waals surface area contributed by atoms with Crippen LogP contribution < -0.4 is 0 Å². The second kappa shape index (κ2) is 4.62. The summed E-state index contributed by atoms with van der Waals surface area (Å²) in [5, 5.41) is 0. The maximum atomic E-state index is 11.4. The number of halogens is 1. The largest absolute Gasteiger partial charge is 0.465 e. The van der Waals surface area contributed by atoms with Crippen molar-refractivity contribution in [1.82, 2.24) is 0 Å². The van der Waals surface area contributed by atoms with Crippen molar-refractivity contribution in [2.24, 2.45) is 17.3 Å². The number of carbonyl (C=O) groups excluding carboxylic acids is 1. The third-order valence-electron chi connectivity index (χ3n) is 5.12. The third-order valence-corrected chi connectivity index (χ3v) is 6.05. The van der Waals surface area contributed by atoms with E-state index in [2.05, 4.69) is 23.0 Å². The highest BCUT2D eigenvalue weighted by Crippen LogP contribution is 2.63. The van der Waals surface area contributed by atoms with Gasteiger partial charge in [-0.3, -0.25) is 4.79 Å². The quantitative estimate of drug-likeness (QED) is 0.564. The fraction of sp³-hybridized carbons (Fsp3) is 0.929. The van der Waals surface area contributed by atoms with Crippen molar-refractivity contribution in [2.75, 3.05) is 6.61 Å². The Morgan fingerprint density at radius 2 is 1.94 bits per heavy atom. The van der Waals surface area contributed by atoms with Crippen LogP contribution in [0.4, 0.5) is 0 Å². The van der Waals surface area contributed by atoms with Crippen molar-refractivity contribution >= 4 is 29.0 Å². The van der Waals surface area contributed by atoms with Gasteiger partial charge in [-0.15, -0.1) is 0 Å². The second-order valence-corrected chi connectivity index (χ2v) is 7.18. The van der Waals surface area contributed by atoms with Crippen LogP contribution in [0, 0.1) is 17.3 Å². The van der Waals surface area contributed by atoms with Gasteiger partial charge in [-0.2, -0.15) is 0 Å². The first-order chi connectivity index (χ1) is 8.59. The van der Waals surface area contributed by atoms with Gasteiger partial charge in [0.15, 0.2) is 0 Å². The van der Waals surface area contributed by atoms with Crippen molar-refractivity contribution in [1.29, 1.82) is 0 Å². The van der Waals surface area contributed by atoms with E-state index in [0.29, 0.717) is 13.0 Å². The normalized spacial score (nSPS) is 45.2. The third kappa shape index (κ3) is 2.19. The summed E-state index contributed by atoms with van der Waals surface area (Å²) >= 11 is 2.08. The average Bonchev–Trinajstić information content (AvgIpc) is 2.34. The van der Waals surface area contributed by atoms with Crippen LogP contribution in [0.25, 0.3) is 0 Å². The molecule has 4 heteroatoms. The number of hydrogen-bond donors (Lipinski definition) is 0. The molecule has 2 unspecified atom stereocenters. The van der Waals surface area contributed by atoms with E-state index in [-0.39, 0.29) is 17.0 Å². The number of ether oxygens (including phenoxy) is 1. The number of esters is 1. The van der Waals surface area contributed by atoms with Gasteiger partial charge in [0.2, 0.25) is 0 Å². The zero-order valence-corrected chi connectivity index (χ0v) is 13.1. The molecule has 4 aliphatic rings. The summed E-state index contributed by atoms with van der Waals surface area (Å²) in [6.45, 7) is 2.48. The number of carbonyl (C=O) groups is 1. The molecule has 4 rings (SSSR count). The molecule has 0 saturated heterocycles. The van der Waals surface area contributed by atoms with Gasteiger partial charge in [0, 0.05) is 11.8 Å². The van der Waals surface area contributed by atoms with Gasteiger partial charge in [-0.05, 0) is 50.4 Å². The Kier molecular flexibility index (Phi) is 3.37. The Morgan fingerprint density at radius 3 is 2.50 bits per heavy atom. The fourth-order valence-electron chi connectivity index (χ4n) is 4.96. The molecule has 3 nitrogen and oxygen atoms in total. The first kappa shape index (κ1) is 13.2. The predicted octanol–water partition coefficient (Wildman–Crippen LogP) is 3.65. The number of hydrogen-bond acceptors (Lipinski definition) is 3. The van der Waals surface area contributed by atoms with Gasteiger partial charge in [-0.25, -0.2) is 0 Å². The van der Waals surface area contributed by atoms with Gasteiger partial charge in [0.1, 0.15) is 23.0 Å². The maximum absolute atomic E-state index is 11.4. The Bertz CT molecular complexity index is 341. The molecule has 0 amide bonds. The van der Waals surface area contributed by atoms with Crippen LogP contribution in [0.1, 0.15) is 51.9 Å². The summed E-state index contributed by atoms with van der Waals surface area (Å²) in [6, 6.07) is 0. The van der Waals surface area contributed by atoms with Crippen molar-refractivity contribution in [2.45, 2.75) is 57.5 Å². The van der Waals surface area contributed by atoms with E-state index in [1.54, 1.807) is 0 Å². The molecule has 0 aliphatic heterocycles. The van der Waals surface area contributed by atoms with E-state index >= 15 is 0 Å². The Morgan fingerprint density at radius 1 is 1.28 bits per heavy atom. The molecule has 0 aromatic rings. The molecule has 0 spiro atoms. The molecule has 0 aromatic heterocycles. The van der Waals surface area contributed by atoms with Crippen molar-refractivity contribution < 1.29 is 12.6 Å². The van der Waals surface area contributed by atoms with E-state index in [9.17, 15) is 4.79 Å². The second-order valence-electron chi connectivity index (χ2n) is 6.74. The van der Waals surface area contributed by atoms with Gasteiger partial charge in [-0.1, -0.05) is 6.92 Å². The molecule has 0 radical (unpaired) electrons. The first-order valence-corrected chi connectivity index (χ1v) is 7.92. The lowest BCUT2D eigenvalue weighted by atomic mass is 9.48. The lowest BCUT2D eigenvalue weighted by Gasteiger charge is -2.60. The lowest BCUT2D eigenvalue weighted by molar-refractivity contribution is -0.171. The minimum absolute atomic E-state index is 0.0600. The Hall–Kier alpha value is 0.160. The van der Waals surface area contributed by atoms with Gasteiger partial charge < -0.3 is 7.80 Å². The summed E-state index contributed by atoms with van der Waals surface area (Å²) in [5.74, 6) is 1.53. The van der Waals surface area contributed by atoms with Crippen LogP contribution in [0.2, 0.25) is 0 Å². The standard InChI is InChI=1S/C14H21IO3/c1-2-12(16)17-9-13-4-10-3-11(5-13)7-14(6-10,8-13)18-15/h10-11H,2-9H2,1H3. The molecule has 102 valence electrons. The zero-order chi connectivity index (χ0) is 12.8. The van der Waals surface area contributed by atoms with Crippen molar-refractivity contribution in [3.05, 3.63) is 0 Å². The highest BCUT2D eigenvalue weighted by molar-refractivity contribution is 14.1. The van der Waals surface area contributed by atoms with Crippen LogP contribution in [-0.4, -0.2) is 18.2 Å². The molecular formula is C14H21IO3. The van der Waals surface area contributed by atoms with Crippen LogP contribution in [0.15, 0.2) is 0 Å². The van der Waals surface area contributed by atoms with E-state index in [1.807, 2.05) is 6.92 Å². The van der Waals surface area contributed by atoms with Crippen LogP contribution in [-0.2, 0) is 12.6 Å². The van der Waals surface area contributed by atoms with E-state index in [0.717, 1.165) is 18.3 Å². The smallest absolute Gasteiger partial charge is 0.305 e. The van der Waals surface area contributed by atoms with Crippen LogP contribution >= 0.6 is 23.0 Å². The molecule has 2 atom stereocenters. The van der Waals surface area contributed by atoms with Crippen LogP contribution in [0.3, 0.4) is 0 Å². The van der Waals surface area contributed by atoms with Gasteiger partial charge in [0.25, 0.3) is 0 Å². The predicted molar refractivity (Wildman–Crippen MR) is 76.2 cm³/mol. The fourth-order valence-corrected chi connectivity index (χ4v) is 5.47. The highest BCUT2D eigenvalue weighted by Gasteiger charge is 2.58. The minimum atomic E-state index is -0.0600. The molecule has 0 aromatic carbocycles. The molecule has 4 bridgehead atoms. The SMILES string of the molecule is CCC(=O)OCC12CC3CC(C1)CC(OI)(C3)C2. The summed E-state index contributed by atoms with van der Waals surface area (Å²) in [5.41, 5.74) is 0.309. The van der Waals surface area contributed by atoms with Gasteiger partial charge in [0.05, 0.1) is 12.2 Å². The summed E-state index contributed by atoms with van der Waals surface area (Å²) in [6.07, 6.45) is 7.85. The summed E-state index contributed by atoms with van der Waals surface area (Å²) in [7, 11) is 0. The monoisotopic (exact) mass is 364 g/mol. The molecule has 0 heterocycles. The highest BCUT2D eigenvalue weighted by atomic mass is 127. The van der Waals surface area contributed by atoms with E-state index in [4.69, 9.17) is 7.80 Å². The molecule has 4 saturated carbocycles. The Labute approximate surface area is 123 Å². The van der Waals surface area contributed by atoms with E-state index < -0.39 is 0 Å². The topological polar surface area (TPSA) is 35.5 Å². The summed E-state index contributed by atoms with van der Waals surface area (Å²) in [4.78, 5) is 11.4. The number of rotatable bonds is 4. The molecule has 4 aliphatic carbocycles. The van der Waals surface area contributed by atoms with Crippen LogP contribution in [0.5, 0.6) is 0 Å². The van der Waals surface area contributed by atoms with E-state index in [1.165, 1.54) is 32.1 Å². The van der Waals surface area contributed by atoms with Crippen molar-refractivity contribution in [3.8, 4) is 0 Å². The first-order valence-electron chi connectivity index (χ1n) is 7.04. The molecular weight excluding hydrogens is 343 g/mol. The minimum Gasteiger partial charge on any atom is -0.465 e. The van der Waals surface area contributed by atoms with Gasteiger partial charge >= 0.3 is 5.97 Å². The average molecular weight is 364 g/mol. The lowest BCUT2D eigenvalue weighted by Crippen LogP contribution is -2.57. The maximum Gasteiger partial charge on any atom is 0.305 e. The Balaban J connectivity index is 1.74. The van der Waals surface area contributed by atoms with Crippen molar-refractivity contribution in [3.63, 3.8) is 0 Å². The molecule has 4 fully saturated rings. The molecule has 0 N–H and O–H groups in total. The summed E-state index contributed by atoms with van der Waals surface area (Å²) < 4.78 is 11.3. The molecule has 18 heavy (non-hydrogen) atoms.